The van der Waals surface area contributed by atoms with Crippen LogP contribution in [-0.2, 0) is 13.0 Å². The molecule has 0 saturated heterocycles. The Morgan fingerprint density at radius 2 is 2.04 bits per heavy atom. The van der Waals surface area contributed by atoms with Gasteiger partial charge in [0.15, 0.2) is 6.10 Å². The molecule has 2 heterocycles. The van der Waals surface area contributed by atoms with Gasteiger partial charge in [-0.1, -0.05) is 37.3 Å². The Morgan fingerprint density at radius 1 is 1.21 bits per heavy atom. The fourth-order valence-electron chi connectivity index (χ4n) is 3.49. The van der Waals surface area contributed by atoms with Crippen LogP contribution in [0.25, 0.3) is 11.1 Å². The average Bonchev–Trinajstić information content (AvgIpc) is 3.09. The van der Waals surface area contributed by atoms with Crippen LogP contribution in [0.1, 0.15) is 23.6 Å². The zero-order valence-corrected chi connectivity index (χ0v) is 16.4. The molecule has 5 heteroatoms. The van der Waals surface area contributed by atoms with Crippen molar-refractivity contribution in [2.24, 2.45) is 0 Å². The van der Waals surface area contributed by atoms with Gasteiger partial charge in [-0.2, -0.15) is 4.98 Å². The van der Waals surface area contributed by atoms with Gasteiger partial charge in [0.05, 0.1) is 6.54 Å². The van der Waals surface area contributed by atoms with Gasteiger partial charge in [-0.25, -0.2) is 0 Å². The van der Waals surface area contributed by atoms with Crippen molar-refractivity contribution in [3.8, 4) is 22.9 Å². The van der Waals surface area contributed by atoms with E-state index in [1.807, 2.05) is 29.8 Å². The fraction of sp³-hybridized carbons (Fsp3) is 0.304. The molecule has 0 radical (unpaired) electrons. The van der Waals surface area contributed by atoms with Gasteiger partial charge in [-0.15, -0.1) is 0 Å². The topological polar surface area (TPSA) is 53.4 Å². The van der Waals surface area contributed by atoms with Crippen molar-refractivity contribution in [2.75, 3.05) is 6.61 Å². The van der Waals surface area contributed by atoms with E-state index in [0.29, 0.717) is 31.1 Å². The Kier molecular flexibility index (Phi) is 4.90. The molecule has 5 nitrogen and oxygen atoms in total. The van der Waals surface area contributed by atoms with Gasteiger partial charge in [0, 0.05) is 11.8 Å². The Morgan fingerprint density at radius 3 is 2.86 bits per heavy atom. The molecule has 0 saturated carbocycles. The molecular formula is C23H24N2O3. The van der Waals surface area contributed by atoms with Crippen LogP contribution in [0.3, 0.4) is 0 Å². The normalized spacial score (nSPS) is 15.2. The second kappa shape index (κ2) is 7.50. The predicted molar refractivity (Wildman–Crippen MR) is 109 cm³/mol. The molecule has 0 amide bonds. The lowest BCUT2D eigenvalue weighted by atomic mass is 9.97. The monoisotopic (exact) mass is 376 g/mol. The van der Waals surface area contributed by atoms with Gasteiger partial charge in [0.2, 0.25) is 0 Å². The lowest BCUT2D eigenvalue weighted by Crippen LogP contribution is -2.23. The fourth-order valence-corrected chi connectivity index (χ4v) is 3.49. The van der Waals surface area contributed by atoms with Crippen LogP contribution in [0.4, 0.5) is 0 Å². The number of aromatic nitrogens is 2. The molecule has 28 heavy (non-hydrogen) atoms. The minimum Gasteiger partial charge on any atom is -0.490 e. The first-order chi connectivity index (χ1) is 13.5. The minimum atomic E-state index is -0.212. The van der Waals surface area contributed by atoms with Crippen molar-refractivity contribution in [3.05, 3.63) is 75.7 Å². The smallest absolute Gasteiger partial charge is 0.300 e. The Hall–Kier alpha value is -3.08. The molecular weight excluding hydrogens is 352 g/mol. The Labute approximate surface area is 164 Å². The molecule has 4 rings (SSSR count). The molecule has 1 aliphatic heterocycles. The highest BCUT2D eigenvalue weighted by Gasteiger charge is 2.25. The maximum Gasteiger partial charge on any atom is 0.300 e. The summed E-state index contributed by atoms with van der Waals surface area (Å²) in [5, 5.41) is 0. The number of rotatable bonds is 5. The number of hydrogen-bond donors (Lipinski definition) is 0. The summed E-state index contributed by atoms with van der Waals surface area (Å²) >= 11 is 0. The van der Waals surface area contributed by atoms with Crippen molar-refractivity contribution in [2.45, 2.75) is 39.8 Å². The van der Waals surface area contributed by atoms with Crippen LogP contribution in [0.5, 0.6) is 11.8 Å². The number of nitrogens with zero attached hydrogens (tertiary/aromatic N) is 2. The minimum absolute atomic E-state index is 0.164. The van der Waals surface area contributed by atoms with Gasteiger partial charge in [0.1, 0.15) is 12.4 Å². The van der Waals surface area contributed by atoms with Gasteiger partial charge in [-0.3, -0.25) is 9.36 Å². The van der Waals surface area contributed by atoms with Crippen LogP contribution in [0.15, 0.2) is 53.5 Å². The Balaban J connectivity index is 1.46. The largest absolute Gasteiger partial charge is 0.490 e. The predicted octanol–water partition coefficient (Wildman–Crippen LogP) is 3.93. The van der Waals surface area contributed by atoms with Crippen LogP contribution < -0.4 is 15.0 Å². The number of fused-ring (bicyclic) bond motifs is 1. The number of ether oxygens (including phenoxy) is 2. The summed E-state index contributed by atoms with van der Waals surface area (Å²) in [5.41, 5.74) is 5.39. The maximum atomic E-state index is 11.9. The van der Waals surface area contributed by atoms with E-state index in [9.17, 15) is 4.79 Å². The number of hydrogen-bond acceptors (Lipinski definition) is 4. The molecule has 0 fully saturated rings. The maximum absolute atomic E-state index is 11.9. The highest BCUT2D eigenvalue weighted by atomic mass is 16.6. The lowest BCUT2D eigenvalue weighted by molar-refractivity contribution is 0.143. The van der Waals surface area contributed by atoms with E-state index in [2.05, 4.69) is 49.2 Å². The zero-order valence-electron chi connectivity index (χ0n) is 16.4. The molecule has 1 unspecified atom stereocenters. The van der Waals surface area contributed by atoms with E-state index in [4.69, 9.17) is 9.47 Å². The number of benzene rings is 2. The zero-order chi connectivity index (χ0) is 19.7. The highest BCUT2D eigenvalue weighted by Crippen LogP contribution is 2.28. The average molecular weight is 376 g/mol. The van der Waals surface area contributed by atoms with Crippen molar-refractivity contribution in [3.63, 3.8) is 0 Å². The Bertz CT molecular complexity index is 1070. The molecule has 2 aromatic carbocycles. The molecule has 3 aromatic rings. The second-order valence-electron chi connectivity index (χ2n) is 7.19. The standard InChI is InChI=1S/C23H24N2O3/c1-4-17-12-25-13-20(28-23(25)24-22(17)26)14-27-19-9-6-8-18(11-19)21-10-5-7-15(2)16(21)3/h5-12,20H,4,13-14H2,1-3H3. The third kappa shape index (κ3) is 3.52. The quantitative estimate of drug-likeness (QED) is 0.677. The third-order valence-electron chi connectivity index (χ3n) is 5.27. The van der Waals surface area contributed by atoms with E-state index >= 15 is 0 Å². The molecule has 0 spiro atoms. The highest BCUT2D eigenvalue weighted by molar-refractivity contribution is 5.69. The summed E-state index contributed by atoms with van der Waals surface area (Å²) in [6.45, 7) is 7.24. The van der Waals surface area contributed by atoms with E-state index in [1.54, 1.807) is 0 Å². The first kappa shape index (κ1) is 18.3. The van der Waals surface area contributed by atoms with Crippen LogP contribution in [0.2, 0.25) is 0 Å². The first-order valence-corrected chi connectivity index (χ1v) is 9.61. The summed E-state index contributed by atoms with van der Waals surface area (Å²) in [5.74, 6) is 0.801. The van der Waals surface area contributed by atoms with E-state index in [1.165, 1.54) is 16.7 Å². The molecule has 1 aliphatic rings. The molecule has 1 atom stereocenters. The van der Waals surface area contributed by atoms with Crippen LogP contribution >= 0.6 is 0 Å². The van der Waals surface area contributed by atoms with Gasteiger partial charge < -0.3 is 9.47 Å². The SMILES string of the molecule is CCc1cn2c(nc1=O)OC(COc1cccc(-c3cccc(C)c3C)c1)C2. The van der Waals surface area contributed by atoms with E-state index in [0.717, 1.165) is 11.3 Å². The van der Waals surface area contributed by atoms with Crippen molar-refractivity contribution in [1.29, 1.82) is 0 Å². The van der Waals surface area contributed by atoms with Crippen LogP contribution in [-0.4, -0.2) is 22.3 Å². The van der Waals surface area contributed by atoms with E-state index < -0.39 is 0 Å². The molecule has 0 N–H and O–H groups in total. The summed E-state index contributed by atoms with van der Waals surface area (Å²) < 4.78 is 13.7. The van der Waals surface area contributed by atoms with Gasteiger partial charge in [-0.05, 0) is 54.7 Å². The van der Waals surface area contributed by atoms with Gasteiger partial charge >= 0.3 is 0 Å². The second-order valence-corrected chi connectivity index (χ2v) is 7.19. The summed E-state index contributed by atoms with van der Waals surface area (Å²) in [4.78, 5) is 15.9. The van der Waals surface area contributed by atoms with Crippen molar-refractivity contribution < 1.29 is 9.47 Å². The first-order valence-electron chi connectivity index (χ1n) is 9.61. The third-order valence-corrected chi connectivity index (χ3v) is 5.27. The van der Waals surface area contributed by atoms with Gasteiger partial charge in [0.25, 0.3) is 11.6 Å². The molecule has 1 aromatic heterocycles. The summed E-state index contributed by atoms with van der Waals surface area (Å²) in [7, 11) is 0. The molecule has 144 valence electrons. The lowest BCUT2D eigenvalue weighted by Gasteiger charge is -2.13. The molecule has 0 bridgehead atoms. The van der Waals surface area contributed by atoms with Crippen molar-refractivity contribution >= 4 is 0 Å². The van der Waals surface area contributed by atoms with E-state index in [-0.39, 0.29) is 11.7 Å². The molecule has 0 aliphatic carbocycles. The summed E-state index contributed by atoms with van der Waals surface area (Å²) in [6.07, 6.45) is 2.34. The van der Waals surface area contributed by atoms with Crippen molar-refractivity contribution in [1.82, 2.24) is 9.55 Å². The number of aryl methyl sites for hydroxylation is 2. The van der Waals surface area contributed by atoms with Crippen LogP contribution in [0, 0.1) is 13.8 Å². The summed E-state index contributed by atoms with van der Waals surface area (Å²) in [6, 6.07) is 14.8.